The summed E-state index contributed by atoms with van der Waals surface area (Å²) in [5.41, 5.74) is 0. The molecule has 0 aliphatic heterocycles. The van der Waals surface area contributed by atoms with E-state index in [1.165, 1.54) is 6.92 Å². The van der Waals surface area contributed by atoms with Gasteiger partial charge in [-0.3, -0.25) is 4.55 Å². The van der Waals surface area contributed by atoms with Gasteiger partial charge >= 0.3 is 109 Å². The van der Waals surface area contributed by atoms with Crippen molar-refractivity contribution in [2.45, 2.75) is 41.4 Å². The van der Waals surface area contributed by atoms with E-state index in [1.54, 1.807) is 0 Å². The van der Waals surface area contributed by atoms with Crippen LogP contribution in [0, 0.1) is 0 Å². The van der Waals surface area contributed by atoms with Crippen molar-refractivity contribution < 1.29 is 70.0 Å². The molecule has 18 heteroatoms. The Hall–Kier alpha value is -0.403. The van der Waals surface area contributed by atoms with Crippen LogP contribution < -0.4 is 0 Å². The van der Waals surface area contributed by atoms with Crippen molar-refractivity contribution >= 4 is 27.8 Å². The molecule has 26 heavy (non-hydrogen) atoms. The van der Waals surface area contributed by atoms with Crippen molar-refractivity contribution in [3.05, 3.63) is 0 Å². The summed E-state index contributed by atoms with van der Waals surface area (Å²) in [5, 5.41) is 0. The van der Waals surface area contributed by atoms with Crippen molar-refractivity contribution in [3.8, 4) is 0 Å². The summed E-state index contributed by atoms with van der Waals surface area (Å²) in [6.45, 7) is 1.37. The Balaban J connectivity index is 0. The maximum atomic E-state index is 12.5. The third-order valence-corrected chi connectivity index (χ3v) is 3.18. The van der Waals surface area contributed by atoms with Gasteiger partial charge in [0, 0.05) is 0 Å². The molecule has 0 rings (SSSR count). The fourth-order valence-electron chi connectivity index (χ4n) is 0.848. The molecule has 0 saturated heterocycles. The molecule has 0 aromatic rings. The molecule has 0 fully saturated rings. The van der Waals surface area contributed by atoms with Crippen LogP contribution in [0.4, 0.5) is 57.1 Å². The van der Waals surface area contributed by atoms with Crippen LogP contribution in [-0.4, -0.2) is 70.9 Å². The number of alkyl halides is 13. The fourth-order valence-corrected chi connectivity index (χ4v) is 0.848. The second-order valence-electron chi connectivity index (χ2n) is 4.55. The summed E-state index contributed by atoms with van der Waals surface area (Å²) < 4.78 is 179. The van der Waals surface area contributed by atoms with Crippen LogP contribution in [0.25, 0.3) is 0 Å². The molecular formula is C8H6F13LiO3S. The van der Waals surface area contributed by atoms with E-state index in [0.717, 1.165) is 0 Å². The molecule has 0 aliphatic rings. The quantitative estimate of drug-likeness (QED) is 0.406. The zero-order valence-electron chi connectivity index (χ0n) is 12.3. The average Bonchev–Trinajstić information content (AvgIpc) is 2.35. The van der Waals surface area contributed by atoms with E-state index in [1.807, 2.05) is 0 Å². The SMILES string of the molecule is CCS(=O)(=O)O.[Li][C](F)(F)C(F)(F)C(F)(F)C(F)(F)C(F)(F)C(F)(F)F. The van der Waals surface area contributed by atoms with Crippen LogP contribution >= 0.6 is 0 Å². The standard InChI is InChI=1S/C6F13.C2H6O3S.Li/c7-1(8)2(9,10)3(11,12)4(13,14)5(15,16)6(17,18)19;1-2-6(3,4)5;/h;2H2,1H3,(H,3,4,5);. The van der Waals surface area contributed by atoms with Crippen LogP contribution in [0.15, 0.2) is 0 Å². The molecule has 0 saturated carbocycles. The number of hydrogen-bond donors (Lipinski definition) is 1. The van der Waals surface area contributed by atoms with E-state index in [0.29, 0.717) is 0 Å². The summed E-state index contributed by atoms with van der Waals surface area (Å²) in [5.74, 6) is -30.5. The third kappa shape index (κ3) is 5.32. The molecule has 0 heterocycles. The Morgan fingerprint density at radius 2 is 0.923 bits per heavy atom. The minimum absolute atomic E-state index is 0.201. The Kier molecular flexibility index (Phi) is 8.07. The first kappa shape index (κ1) is 27.8. The van der Waals surface area contributed by atoms with Gasteiger partial charge < -0.3 is 0 Å². The van der Waals surface area contributed by atoms with Gasteiger partial charge in [-0.15, -0.1) is 0 Å². The molecule has 0 spiro atoms. The molecule has 0 radical (unpaired) electrons. The van der Waals surface area contributed by atoms with Gasteiger partial charge in [0.2, 0.25) is 0 Å². The van der Waals surface area contributed by atoms with Crippen molar-refractivity contribution in [1.29, 1.82) is 0 Å². The molecule has 0 bridgehead atoms. The Morgan fingerprint density at radius 3 is 1.08 bits per heavy atom. The summed E-state index contributed by atoms with van der Waals surface area (Å²) in [6.07, 6.45) is -7.36. The molecular weight excluding hydrogens is 430 g/mol. The van der Waals surface area contributed by atoms with Crippen molar-refractivity contribution in [1.82, 2.24) is 0 Å². The minimum atomic E-state index is -7.80. The summed E-state index contributed by atoms with van der Waals surface area (Å²) in [6, 6.07) is 0. The second kappa shape index (κ2) is 7.55. The van der Waals surface area contributed by atoms with Gasteiger partial charge in [-0.05, 0) is 6.92 Å². The van der Waals surface area contributed by atoms with Crippen molar-refractivity contribution in [3.63, 3.8) is 0 Å². The molecule has 0 atom stereocenters. The zero-order valence-corrected chi connectivity index (χ0v) is 13.1. The maximum absolute atomic E-state index is 12.5. The molecule has 0 aromatic heterocycles. The van der Waals surface area contributed by atoms with Gasteiger partial charge in [0.25, 0.3) is 10.1 Å². The molecule has 3 nitrogen and oxygen atoms in total. The first-order valence-corrected chi connectivity index (χ1v) is 7.33. The van der Waals surface area contributed by atoms with Crippen LogP contribution in [0.3, 0.4) is 0 Å². The van der Waals surface area contributed by atoms with E-state index < -0.39 is 62.3 Å². The van der Waals surface area contributed by atoms with E-state index in [4.69, 9.17) is 4.55 Å². The van der Waals surface area contributed by atoms with Gasteiger partial charge in [0.15, 0.2) is 0 Å². The molecule has 154 valence electrons. The topological polar surface area (TPSA) is 54.4 Å². The second-order valence-corrected chi connectivity index (χ2v) is 6.30. The predicted molar refractivity (Wildman–Crippen MR) is 58.6 cm³/mol. The van der Waals surface area contributed by atoms with Crippen LogP contribution in [0.5, 0.6) is 0 Å². The van der Waals surface area contributed by atoms with Crippen LogP contribution in [-0.2, 0) is 10.1 Å². The van der Waals surface area contributed by atoms with E-state index in [9.17, 15) is 65.5 Å². The van der Waals surface area contributed by atoms with Crippen LogP contribution in [0.1, 0.15) is 6.92 Å². The van der Waals surface area contributed by atoms with Gasteiger partial charge in [0.05, 0.1) is 5.75 Å². The van der Waals surface area contributed by atoms with E-state index >= 15 is 0 Å². The fraction of sp³-hybridized carbons (Fsp3) is 1.00. The molecule has 0 unspecified atom stereocenters. The van der Waals surface area contributed by atoms with Gasteiger partial charge in [-0.1, -0.05) is 0 Å². The van der Waals surface area contributed by atoms with Crippen molar-refractivity contribution in [2.75, 3.05) is 5.75 Å². The van der Waals surface area contributed by atoms with Gasteiger partial charge in [-0.2, -0.15) is 8.42 Å². The Bertz CT molecular complexity index is 541. The molecule has 0 amide bonds. The summed E-state index contributed by atoms with van der Waals surface area (Å²) in [4.78, 5) is 0. The summed E-state index contributed by atoms with van der Waals surface area (Å²) in [7, 11) is -3.66. The predicted octanol–water partition coefficient (Wildman–Crippen LogP) is 3.75. The Morgan fingerprint density at radius 1 is 0.692 bits per heavy atom. The third-order valence-electron chi connectivity index (χ3n) is 2.46. The van der Waals surface area contributed by atoms with E-state index in [-0.39, 0.29) is 5.75 Å². The average molecular weight is 436 g/mol. The van der Waals surface area contributed by atoms with Crippen LogP contribution in [0.2, 0.25) is 0 Å². The monoisotopic (exact) mass is 436 g/mol. The number of halogens is 13. The molecule has 0 aromatic carbocycles. The normalized spacial score (nSPS) is 15.4. The summed E-state index contributed by atoms with van der Waals surface area (Å²) >= 11 is -1.04. The van der Waals surface area contributed by atoms with Crippen molar-refractivity contribution in [2.24, 2.45) is 0 Å². The molecule has 0 aliphatic carbocycles. The number of rotatable bonds is 5. The number of hydrogen-bond acceptors (Lipinski definition) is 2. The van der Waals surface area contributed by atoms with E-state index in [2.05, 4.69) is 0 Å². The van der Waals surface area contributed by atoms with Gasteiger partial charge in [-0.25, -0.2) is 0 Å². The Labute approximate surface area is 145 Å². The first-order chi connectivity index (χ1) is 10.8. The molecule has 1 N–H and O–H groups in total. The zero-order chi connectivity index (χ0) is 22.2. The first-order valence-electron chi connectivity index (χ1n) is 5.72. The van der Waals surface area contributed by atoms with Gasteiger partial charge in [0.1, 0.15) is 0 Å².